The first kappa shape index (κ1) is 15.3. The van der Waals surface area contributed by atoms with Crippen LogP contribution in [0, 0.1) is 0 Å². The molecule has 0 saturated carbocycles. The van der Waals surface area contributed by atoms with Gasteiger partial charge in [-0.15, -0.1) is 0 Å². The molecule has 0 fully saturated rings. The monoisotopic (exact) mass is 287 g/mol. The Bertz CT molecular complexity index is 578. The lowest BCUT2D eigenvalue weighted by atomic mass is 10.2. The lowest BCUT2D eigenvalue weighted by Crippen LogP contribution is -2.38. The van der Waals surface area contributed by atoms with Gasteiger partial charge in [0.15, 0.2) is 5.69 Å². The minimum Gasteiger partial charge on any atom is -0.396 e. The zero-order chi connectivity index (χ0) is 15.2. The molecule has 2 aromatic rings. The van der Waals surface area contributed by atoms with E-state index in [9.17, 15) is 4.79 Å². The number of hydrogen-bond acceptors (Lipinski definition) is 3. The summed E-state index contributed by atoms with van der Waals surface area (Å²) in [6, 6.07) is 11.5. The fourth-order valence-electron chi connectivity index (χ4n) is 2.14. The molecule has 0 radical (unpaired) electrons. The average Bonchev–Trinajstić information content (AvgIpc) is 2.98. The number of nitrogens with zero attached hydrogens (tertiary/aromatic N) is 3. The van der Waals surface area contributed by atoms with Crippen LogP contribution in [-0.2, 0) is 0 Å². The number of carbonyl (C=O) groups is 1. The normalized spacial score (nSPS) is 10.9. The van der Waals surface area contributed by atoms with E-state index in [-0.39, 0.29) is 18.6 Å². The van der Waals surface area contributed by atoms with Crippen LogP contribution in [-0.4, -0.2) is 44.9 Å². The van der Waals surface area contributed by atoms with E-state index in [0.29, 0.717) is 18.7 Å². The number of amides is 1. The van der Waals surface area contributed by atoms with Gasteiger partial charge in [-0.1, -0.05) is 18.2 Å². The molecule has 0 saturated heterocycles. The Morgan fingerprint density at radius 2 is 2.00 bits per heavy atom. The summed E-state index contributed by atoms with van der Waals surface area (Å²) in [6.45, 7) is 4.53. The van der Waals surface area contributed by atoms with Crippen LogP contribution in [0.25, 0.3) is 5.69 Å². The van der Waals surface area contributed by atoms with Gasteiger partial charge < -0.3 is 10.0 Å². The van der Waals surface area contributed by atoms with Crippen molar-refractivity contribution in [3.63, 3.8) is 0 Å². The summed E-state index contributed by atoms with van der Waals surface area (Å²) in [5.41, 5.74) is 1.34. The molecule has 1 N–H and O–H groups in total. The van der Waals surface area contributed by atoms with Crippen molar-refractivity contribution in [1.82, 2.24) is 14.7 Å². The maximum Gasteiger partial charge on any atom is 0.274 e. The van der Waals surface area contributed by atoms with Crippen molar-refractivity contribution < 1.29 is 9.90 Å². The molecule has 112 valence electrons. The van der Waals surface area contributed by atoms with Crippen molar-refractivity contribution in [3.05, 3.63) is 48.3 Å². The number of para-hydroxylation sites is 1. The van der Waals surface area contributed by atoms with Crippen molar-refractivity contribution in [2.75, 3.05) is 13.2 Å². The fraction of sp³-hybridized carbons (Fsp3) is 0.375. The van der Waals surface area contributed by atoms with Crippen molar-refractivity contribution in [1.29, 1.82) is 0 Å². The summed E-state index contributed by atoms with van der Waals surface area (Å²) >= 11 is 0. The standard InChI is InChI=1S/C16H21N3O2/c1-13(2)18(10-6-12-20)16(21)15-9-11-19(17-15)14-7-4-3-5-8-14/h3-5,7-9,11,13,20H,6,10,12H2,1-2H3. The summed E-state index contributed by atoms with van der Waals surface area (Å²) in [7, 11) is 0. The Morgan fingerprint density at radius 3 is 2.62 bits per heavy atom. The molecule has 0 bridgehead atoms. The molecule has 1 heterocycles. The Hall–Kier alpha value is -2.14. The summed E-state index contributed by atoms with van der Waals surface area (Å²) in [6.07, 6.45) is 2.36. The molecule has 1 amide bonds. The van der Waals surface area contributed by atoms with Crippen molar-refractivity contribution in [2.45, 2.75) is 26.3 Å². The second-order valence-corrected chi connectivity index (χ2v) is 5.15. The van der Waals surface area contributed by atoms with Gasteiger partial charge in [0.05, 0.1) is 5.69 Å². The SMILES string of the molecule is CC(C)N(CCCO)C(=O)c1ccn(-c2ccccc2)n1. The summed E-state index contributed by atoms with van der Waals surface area (Å²) in [5.74, 6) is -0.104. The Kier molecular flexibility index (Phi) is 5.11. The van der Waals surface area contributed by atoms with E-state index >= 15 is 0 Å². The molecule has 2 rings (SSSR count). The van der Waals surface area contributed by atoms with Gasteiger partial charge in [-0.05, 0) is 38.5 Å². The average molecular weight is 287 g/mol. The van der Waals surface area contributed by atoms with Gasteiger partial charge in [0, 0.05) is 25.4 Å². The van der Waals surface area contributed by atoms with Crippen LogP contribution >= 0.6 is 0 Å². The molecular weight excluding hydrogens is 266 g/mol. The van der Waals surface area contributed by atoms with E-state index in [1.165, 1.54) is 0 Å². The summed E-state index contributed by atoms with van der Waals surface area (Å²) in [5, 5.41) is 13.3. The molecular formula is C16H21N3O2. The number of carbonyl (C=O) groups excluding carboxylic acids is 1. The van der Waals surface area contributed by atoms with Gasteiger partial charge in [-0.2, -0.15) is 5.10 Å². The maximum atomic E-state index is 12.5. The highest BCUT2D eigenvalue weighted by Gasteiger charge is 2.20. The van der Waals surface area contributed by atoms with Gasteiger partial charge in [-0.25, -0.2) is 4.68 Å². The third-order valence-electron chi connectivity index (χ3n) is 3.27. The third kappa shape index (κ3) is 3.70. The number of rotatable bonds is 6. The molecule has 21 heavy (non-hydrogen) atoms. The van der Waals surface area contributed by atoms with Crippen LogP contribution in [0.3, 0.4) is 0 Å². The first-order valence-corrected chi connectivity index (χ1v) is 7.16. The van der Waals surface area contributed by atoms with Crippen molar-refractivity contribution in [2.24, 2.45) is 0 Å². The van der Waals surface area contributed by atoms with Gasteiger partial charge in [0.1, 0.15) is 0 Å². The number of benzene rings is 1. The Balaban J connectivity index is 2.17. The van der Waals surface area contributed by atoms with E-state index < -0.39 is 0 Å². The van der Waals surface area contributed by atoms with Crippen LogP contribution in [0.1, 0.15) is 30.8 Å². The molecule has 0 aliphatic rings. The minimum atomic E-state index is -0.104. The zero-order valence-electron chi connectivity index (χ0n) is 12.4. The molecule has 1 aromatic heterocycles. The quantitative estimate of drug-likeness (QED) is 0.885. The minimum absolute atomic E-state index is 0.0749. The molecule has 5 heteroatoms. The Labute approximate surface area is 124 Å². The molecule has 0 atom stereocenters. The predicted octanol–water partition coefficient (Wildman–Crippen LogP) is 2.11. The van der Waals surface area contributed by atoms with Crippen LogP contribution < -0.4 is 0 Å². The zero-order valence-corrected chi connectivity index (χ0v) is 12.4. The first-order chi connectivity index (χ1) is 10.1. The smallest absolute Gasteiger partial charge is 0.274 e. The van der Waals surface area contributed by atoms with Gasteiger partial charge in [0.25, 0.3) is 5.91 Å². The van der Waals surface area contributed by atoms with E-state index in [4.69, 9.17) is 5.11 Å². The van der Waals surface area contributed by atoms with Crippen LogP contribution in [0.15, 0.2) is 42.6 Å². The maximum absolute atomic E-state index is 12.5. The second-order valence-electron chi connectivity index (χ2n) is 5.15. The van der Waals surface area contributed by atoms with E-state index in [1.54, 1.807) is 21.8 Å². The second kappa shape index (κ2) is 7.04. The molecule has 0 unspecified atom stereocenters. The summed E-state index contributed by atoms with van der Waals surface area (Å²) < 4.78 is 1.69. The highest BCUT2D eigenvalue weighted by molar-refractivity contribution is 5.92. The largest absolute Gasteiger partial charge is 0.396 e. The van der Waals surface area contributed by atoms with Gasteiger partial charge >= 0.3 is 0 Å². The fourth-order valence-corrected chi connectivity index (χ4v) is 2.14. The van der Waals surface area contributed by atoms with Crippen molar-refractivity contribution >= 4 is 5.91 Å². The van der Waals surface area contributed by atoms with Crippen LogP contribution in [0.5, 0.6) is 0 Å². The molecule has 1 aromatic carbocycles. The number of aromatic nitrogens is 2. The van der Waals surface area contributed by atoms with Crippen LogP contribution in [0.4, 0.5) is 0 Å². The molecule has 0 spiro atoms. The first-order valence-electron chi connectivity index (χ1n) is 7.16. The number of hydrogen-bond donors (Lipinski definition) is 1. The van der Waals surface area contributed by atoms with E-state index in [2.05, 4.69) is 5.10 Å². The van der Waals surface area contributed by atoms with E-state index in [0.717, 1.165) is 5.69 Å². The molecule has 5 nitrogen and oxygen atoms in total. The highest BCUT2D eigenvalue weighted by atomic mass is 16.3. The number of aliphatic hydroxyl groups is 1. The topological polar surface area (TPSA) is 58.4 Å². The third-order valence-corrected chi connectivity index (χ3v) is 3.27. The van der Waals surface area contributed by atoms with Crippen molar-refractivity contribution in [3.8, 4) is 5.69 Å². The lowest BCUT2D eigenvalue weighted by Gasteiger charge is -2.25. The van der Waals surface area contributed by atoms with Gasteiger partial charge in [-0.3, -0.25) is 4.79 Å². The van der Waals surface area contributed by atoms with Gasteiger partial charge in [0.2, 0.25) is 0 Å². The van der Waals surface area contributed by atoms with Crippen LogP contribution in [0.2, 0.25) is 0 Å². The number of aliphatic hydroxyl groups excluding tert-OH is 1. The summed E-state index contributed by atoms with van der Waals surface area (Å²) in [4.78, 5) is 14.2. The lowest BCUT2D eigenvalue weighted by molar-refractivity contribution is 0.0686. The molecule has 0 aliphatic heterocycles. The Morgan fingerprint density at radius 1 is 1.29 bits per heavy atom. The predicted molar refractivity (Wildman–Crippen MR) is 81.4 cm³/mol. The highest BCUT2D eigenvalue weighted by Crippen LogP contribution is 2.11. The van der Waals surface area contributed by atoms with E-state index in [1.807, 2.05) is 44.2 Å². The molecule has 0 aliphatic carbocycles.